The van der Waals surface area contributed by atoms with Crippen LogP contribution in [0.1, 0.15) is 27.0 Å². The molecule has 0 saturated heterocycles. The minimum Gasteiger partial charge on any atom is -0.493 e. The van der Waals surface area contributed by atoms with E-state index < -0.39 is 11.7 Å². The monoisotopic (exact) mass is 331 g/mol. The van der Waals surface area contributed by atoms with Crippen molar-refractivity contribution in [2.75, 3.05) is 20.8 Å². The molecule has 0 radical (unpaired) electrons. The van der Waals surface area contributed by atoms with Gasteiger partial charge in [-0.05, 0) is 38.0 Å². The molecular weight excluding hydrogens is 309 g/mol. The Bertz CT molecular complexity index is 723. The highest BCUT2D eigenvalue weighted by atomic mass is 19.1. The van der Waals surface area contributed by atoms with Gasteiger partial charge in [-0.3, -0.25) is 4.79 Å². The van der Waals surface area contributed by atoms with Crippen molar-refractivity contribution in [3.8, 4) is 11.5 Å². The molecule has 2 aromatic rings. The summed E-state index contributed by atoms with van der Waals surface area (Å²) in [6.45, 7) is 4.47. The first-order valence-corrected chi connectivity index (χ1v) is 7.72. The third-order valence-corrected chi connectivity index (χ3v) is 3.70. The number of halogens is 1. The second kappa shape index (κ2) is 7.81. The molecule has 1 N–H and O–H groups in total. The highest BCUT2D eigenvalue weighted by Crippen LogP contribution is 2.32. The van der Waals surface area contributed by atoms with Crippen LogP contribution in [0.2, 0.25) is 0 Å². The van der Waals surface area contributed by atoms with Gasteiger partial charge in [0.1, 0.15) is 11.4 Å². The van der Waals surface area contributed by atoms with Gasteiger partial charge < -0.3 is 14.8 Å². The van der Waals surface area contributed by atoms with E-state index in [2.05, 4.69) is 23.5 Å². The van der Waals surface area contributed by atoms with Gasteiger partial charge in [-0.25, -0.2) is 4.39 Å². The molecule has 0 bridgehead atoms. The summed E-state index contributed by atoms with van der Waals surface area (Å²) in [5.41, 5.74) is 3.34. The maximum absolute atomic E-state index is 14.1. The van der Waals surface area contributed by atoms with Crippen molar-refractivity contribution in [1.82, 2.24) is 5.32 Å². The number of rotatable bonds is 6. The van der Waals surface area contributed by atoms with Crippen LogP contribution < -0.4 is 14.8 Å². The Morgan fingerprint density at radius 2 is 1.75 bits per heavy atom. The second-order valence-corrected chi connectivity index (χ2v) is 5.66. The fourth-order valence-corrected chi connectivity index (χ4v) is 2.74. The molecule has 0 aliphatic carbocycles. The fraction of sp³-hybridized carbons (Fsp3) is 0.316. The first-order valence-electron chi connectivity index (χ1n) is 7.72. The molecule has 0 unspecified atom stereocenters. The Balaban J connectivity index is 2.10. The van der Waals surface area contributed by atoms with E-state index in [1.807, 2.05) is 13.8 Å². The zero-order valence-corrected chi connectivity index (χ0v) is 14.4. The number of amides is 1. The molecule has 24 heavy (non-hydrogen) atoms. The summed E-state index contributed by atoms with van der Waals surface area (Å²) in [7, 11) is 2.82. The summed E-state index contributed by atoms with van der Waals surface area (Å²) in [6, 6.07) is 8.87. The largest absolute Gasteiger partial charge is 0.493 e. The van der Waals surface area contributed by atoms with E-state index >= 15 is 0 Å². The minimum absolute atomic E-state index is 0.0985. The summed E-state index contributed by atoms with van der Waals surface area (Å²) in [5.74, 6) is -0.746. The van der Waals surface area contributed by atoms with Crippen LogP contribution in [-0.2, 0) is 6.42 Å². The molecule has 1 amide bonds. The van der Waals surface area contributed by atoms with E-state index in [0.717, 1.165) is 5.56 Å². The number of ether oxygens (including phenoxy) is 2. The number of nitrogens with one attached hydrogen (secondary N) is 1. The summed E-state index contributed by atoms with van der Waals surface area (Å²) >= 11 is 0. The lowest BCUT2D eigenvalue weighted by atomic mass is 10.0. The Morgan fingerprint density at radius 1 is 1.08 bits per heavy atom. The third kappa shape index (κ3) is 4.04. The van der Waals surface area contributed by atoms with Crippen molar-refractivity contribution < 1.29 is 18.7 Å². The van der Waals surface area contributed by atoms with E-state index in [-0.39, 0.29) is 11.3 Å². The summed E-state index contributed by atoms with van der Waals surface area (Å²) in [5, 5.41) is 2.74. The number of hydrogen-bond acceptors (Lipinski definition) is 3. The van der Waals surface area contributed by atoms with Crippen molar-refractivity contribution in [3.05, 3.63) is 58.4 Å². The number of benzene rings is 2. The smallest absolute Gasteiger partial charge is 0.258 e. The second-order valence-electron chi connectivity index (χ2n) is 5.66. The molecule has 0 spiro atoms. The molecule has 0 fully saturated rings. The Hall–Kier alpha value is -2.56. The number of hydrogen-bond donors (Lipinski definition) is 1. The highest BCUT2D eigenvalue weighted by molar-refractivity contribution is 5.98. The lowest BCUT2D eigenvalue weighted by Crippen LogP contribution is -2.27. The molecule has 5 heteroatoms. The average Bonchev–Trinajstić information content (AvgIpc) is 2.53. The van der Waals surface area contributed by atoms with E-state index in [0.29, 0.717) is 18.7 Å². The van der Waals surface area contributed by atoms with Gasteiger partial charge in [0.15, 0.2) is 11.5 Å². The van der Waals surface area contributed by atoms with Crippen LogP contribution in [0.4, 0.5) is 4.39 Å². The Morgan fingerprint density at radius 3 is 2.33 bits per heavy atom. The van der Waals surface area contributed by atoms with Gasteiger partial charge in [0.2, 0.25) is 0 Å². The van der Waals surface area contributed by atoms with Crippen LogP contribution in [0.5, 0.6) is 11.5 Å². The number of aryl methyl sites for hydroxylation is 2. The zero-order chi connectivity index (χ0) is 17.7. The zero-order valence-electron chi connectivity index (χ0n) is 14.4. The maximum atomic E-state index is 14.1. The van der Waals surface area contributed by atoms with Crippen molar-refractivity contribution in [2.24, 2.45) is 0 Å². The van der Waals surface area contributed by atoms with Crippen LogP contribution in [0.15, 0.2) is 30.3 Å². The van der Waals surface area contributed by atoms with Crippen molar-refractivity contribution in [3.63, 3.8) is 0 Å². The first kappa shape index (κ1) is 17.8. The van der Waals surface area contributed by atoms with Gasteiger partial charge in [-0.15, -0.1) is 0 Å². The van der Waals surface area contributed by atoms with E-state index in [1.54, 1.807) is 0 Å². The molecule has 128 valence electrons. The van der Waals surface area contributed by atoms with E-state index in [9.17, 15) is 9.18 Å². The van der Waals surface area contributed by atoms with Crippen molar-refractivity contribution >= 4 is 5.91 Å². The van der Waals surface area contributed by atoms with E-state index in [1.165, 1.54) is 37.5 Å². The molecule has 0 atom stereocenters. The number of methoxy groups -OCH3 is 2. The predicted molar refractivity (Wildman–Crippen MR) is 91.5 cm³/mol. The van der Waals surface area contributed by atoms with Gasteiger partial charge in [0.25, 0.3) is 5.91 Å². The van der Waals surface area contributed by atoms with Crippen LogP contribution in [0.25, 0.3) is 0 Å². The average molecular weight is 331 g/mol. The van der Waals surface area contributed by atoms with Crippen LogP contribution >= 0.6 is 0 Å². The molecule has 2 aromatic carbocycles. The lowest BCUT2D eigenvalue weighted by Gasteiger charge is -2.13. The quantitative estimate of drug-likeness (QED) is 0.882. The van der Waals surface area contributed by atoms with Crippen molar-refractivity contribution in [1.29, 1.82) is 0 Å². The van der Waals surface area contributed by atoms with Gasteiger partial charge in [-0.1, -0.05) is 29.3 Å². The molecule has 0 aliphatic rings. The Labute approximate surface area is 141 Å². The topological polar surface area (TPSA) is 47.6 Å². The predicted octanol–water partition coefficient (Wildman–Crippen LogP) is 3.43. The SMILES string of the molecule is COc1ccc(F)c(C(=O)NCCc2cc(C)cc(C)c2)c1OC. The van der Waals surface area contributed by atoms with Gasteiger partial charge in [0.05, 0.1) is 14.2 Å². The summed E-state index contributed by atoms with van der Waals surface area (Å²) in [6.07, 6.45) is 0.669. The first-order chi connectivity index (χ1) is 11.5. The van der Waals surface area contributed by atoms with E-state index in [4.69, 9.17) is 9.47 Å². The molecule has 0 heterocycles. The van der Waals surface area contributed by atoms with Gasteiger partial charge in [0, 0.05) is 6.54 Å². The highest BCUT2D eigenvalue weighted by Gasteiger charge is 2.21. The minimum atomic E-state index is -0.642. The van der Waals surface area contributed by atoms with Crippen molar-refractivity contribution in [2.45, 2.75) is 20.3 Å². The number of carbonyl (C=O) groups excluding carboxylic acids is 1. The molecule has 0 aromatic heterocycles. The molecule has 0 aliphatic heterocycles. The summed E-state index contributed by atoms with van der Waals surface area (Å²) < 4.78 is 24.3. The molecule has 0 saturated carbocycles. The maximum Gasteiger partial charge on any atom is 0.258 e. The van der Waals surface area contributed by atoms with Gasteiger partial charge in [-0.2, -0.15) is 0 Å². The molecule has 4 nitrogen and oxygen atoms in total. The Kier molecular flexibility index (Phi) is 5.79. The summed E-state index contributed by atoms with van der Waals surface area (Å²) in [4.78, 5) is 12.4. The molecule has 2 rings (SSSR count). The van der Waals surface area contributed by atoms with Crippen LogP contribution in [0, 0.1) is 19.7 Å². The third-order valence-electron chi connectivity index (χ3n) is 3.70. The fourth-order valence-electron chi connectivity index (χ4n) is 2.74. The molecular formula is C19H22FNO3. The van der Waals surface area contributed by atoms with Crippen LogP contribution in [0.3, 0.4) is 0 Å². The number of carbonyl (C=O) groups is 1. The lowest BCUT2D eigenvalue weighted by molar-refractivity contribution is 0.0946. The standard InChI is InChI=1S/C19H22FNO3/c1-12-9-13(2)11-14(10-12)7-8-21-19(22)17-15(20)5-6-16(23-3)18(17)24-4/h5-6,9-11H,7-8H2,1-4H3,(H,21,22). The van der Waals surface area contributed by atoms with Crippen LogP contribution in [-0.4, -0.2) is 26.7 Å². The van der Waals surface area contributed by atoms with Gasteiger partial charge >= 0.3 is 0 Å². The normalized spacial score (nSPS) is 10.4.